The summed E-state index contributed by atoms with van der Waals surface area (Å²) >= 11 is 0. The summed E-state index contributed by atoms with van der Waals surface area (Å²) in [4.78, 5) is 2.41. The van der Waals surface area contributed by atoms with E-state index in [-0.39, 0.29) is 12.0 Å². The van der Waals surface area contributed by atoms with Crippen LogP contribution in [-0.4, -0.2) is 15.3 Å². The number of aliphatic hydroxyl groups excluding tert-OH is 1. The van der Waals surface area contributed by atoms with Crippen LogP contribution >= 0.6 is 0 Å². The van der Waals surface area contributed by atoms with E-state index in [0.717, 1.165) is 40.9 Å². The van der Waals surface area contributed by atoms with Crippen LogP contribution in [0.2, 0.25) is 0 Å². The zero-order chi connectivity index (χ0) is 39.0. The number of benzene rings is 6. The maximum atomic E-state index is 9.42. The van der Waals surface area contributed by atoms with E-state index in [2.05, 4.69) is 150 Å². The van der Waals surface area contributed by atoms with Crippen LogP contribution in [0, 0.1) is 0 Å². The summed E-state index contributed by atoms with van der Waals surface area (Å²) < 4.78 is 6.10. The molecule has 0 saturated carbocycles. The summed E-state index contributed by atoms with van der Waals surface area (Å²) in [7, 11) is 0. The number of hydrogen-bond acceptors (Lipinski definition) is 5. The van der Waals surface area contributed by atoms with Gasteiger partial charge in [0.2, 0.25) is 11.8 Å². The Balaban J connectivity index is 1.18. The molecule has 1 heterocycles. The first kappa shape index (κ1) is 38.1. The minimum Gasteiger partial charge on any atom is -0.416 e. The number of unbranched alkanes of at least 4 members (excludes halogenated alkanes) is 6. The lowest BCUT2D eigenvalue weighted by atomic mass is 9.70. The second-order valence-corrected chi connectivity index (χ2v) is 15.5. The number of hydrogen-bond donors (Lipinski definition) is 1. The molecule has 0 spiro atoms. The summed E-state index contributed by atoms with van der Waals surface area (Å²) in [5.41, 5.74) is 14.1. The Hall–Kier alpha value is -5.78. The molecule has 5 nitrogen and oxygen atoms in total. The van der Waals surface area contributed by atoms with Gasteiger partial charge in [-0.15, -0.1) is 10.2 Å². The van der Waals surface area contributed by atoms with Crippen molar-refractivity contribution in [2.24, 2.45) is 0 Å². The molecule has 0 atom stereocenters. The molecule has 1 aliphatic carbocycles. The fourth-order valence-electron chi connectivity index (χ4n) is 8.79. The fraction of sp³-hybridized carbons (Fsp3) is 0.269. The average Bonchev–Trinajstić information content (AvgIpc) is 3.87. The van der Waals surface area contributed by atoms with Gasteiger partial charge in [-0.1, -0.05) is 144 Å². The minimum absolute atomic E-state index is 0.000943. The van der Waals surface area contributed by atoms with E-state index in [4.69, 9.17) is 4.42 Å². The lowest BCUT2D eigenvalue weighted by molar-refractivity contribution is 0.282. The molecular weight excluding hydrogens is 699 g/mol. The third-order valence-electron chi connectivity index (χ3n) is 11.8. The Morgan fingerprint density at radius 3 is 1.53 bits per heavy atom. The van der Waals surface area contributed by atoms with Crippen molar-refractivity contribution < 1.29 is 9.52 Å². The van der Waals surface area contributed by atoms with Crippen LogP contribution in [0.15, 0.2) is 150 Å². The van der Waals surface area contributed by atoms with Crippen molar-refractivity contribution in [3.05, 3.63) is 162 Å². The van der Waals surface area contributed by atoms with Crippen LogP contribution in [0.5, 0.6) is 0 Å². The highest BCUT2D eigenvalue weighted by Gasteiger charge is 2.43. The van der Waals surface area contributed by atoms with Crippen LogP contribution in [0.25, 0.3) is 45.2 Å². The molecule has 1 N–H and O–H groups in total. The molecule has 0 aliphatic heterocycles. The molecule has 0 bridgehead atoms. The molecule has 288 valence electrons. The fourth-order valence-corrected chi connectivity index (χ4v) is 8.79. The molecule has 0 radical (unpaired) electrons. The van der Waals surface area contributed by atoms with Gasteiger partial charge in [0.15, 0.2) is 0 Å². The van der Waals surface area contributed by atoms with E-state index in [1.54, 1.807) is 0 Å². The zero-order valence-corrected chi connectivity index (χ0v) is 33.3. The molecule has 0 unspecified atom stereocenters. The first-order valence-corrected chi connectivity index (χ1v) is 21.0. The van der Waals surface area contributed by atoms with E-state index in [1.807, 2.05) is 24.3 Å². The number of para-hydroxylation sites is 2. The van der Waals surface area contributed by atoms with Gasteiger partial charge in [0, 0.05) is 33.6 Å². The van der Waals surface area contributed by atoms with Gasteiger partial charge in [-0.2, -0.15) is 0 Å². The number of fused-ring (bicyclic) bond motifs is 3. The summed E-state index contributed by atoms with van der Waals surface area (Å²) in [5, 5.41) is 18.1. The van der Waals surface area contributed by atoms with Gasteiger partial charge in [0.25, 0.3) is 0 Å². The SMILES string of the molecule is CCCCCCC1(CCCCCC)c2cc(-c3ccc(-c4nnc(-c5ccc(CO)cc5)o4)cc3)ccc2-c2ccc(N(c3ccccc3)c3ccccc3)cc21. The smallest absolute Gasteiger partial charge is 0.248 e. The van der Waals surface area contributed by atoms with Crippen molar-refractivity contribution in [3.63, 3.8) is 0 Å². The van der Waals surface area contributed by atoms with Crippen LogP contribution in [0.3, 0.4) is 0 Å². The summed E-state index contributed by atoms with van der Waals surface area (Å²) in [6.07, 6.45) is 12.2. The summed E-state index contributed by atoms with van der Waals surface area (Å²) in [6, 6.07) is 52.1. The lowest BCUT2D eigenvalue weighted by Crippen LogP contribution is -2.26. The van der Waals surface area contributed by atoms with Gasteiger partial charge in [0.1, 0.15) is 0 Å². The highest BCUT2D eigenvalue weighted by molar-refractivity contribution is 5.87. The predicted molar refractivity (Wildman–Crippen MR) is 235 cm³/mol. The largest absolute Gasteiger partial charge is 0.416 e. The average molecular weight is 752 g/mol. The maximum absolute atomic E-state index is 9.42. The Labute approximate surface area is 338 Å². The molecule has 5 heteroatoms. The molecule has 0 amide bonds. The third-order valence-corrected chi connectivity index (χ3v) is 11.8. The van der Waals surface area contributed by atoms with Crippen molar-refractivity contribution in [1.29, 1.82) is 0 Å². The number of aliphatic hydroxyl groups is 1. The second kappa shape index (κ2) is 17.6. The first-order valence-electron chi connectivity index (χ1n) is 21.0. The van der Waals surface area contributed by atoms with Gasteiger partial charge in [-0.25, -0.2) is 0 Å². The Morgan fingerprint density at radius 2 is 0.982 bits per heavy atom. The Kier molecular flexibility index (Phi) is 11.7. The van der Waals surface area contributed by atoms with Crippen molar-refractivity contribution in [1.82, 2.24) is 10.2 Å². The zero-order valence-electron chi connectivity index (χ0n) is 33.3. The number of anilines is 3. The number of nitrogens with zero attached hydrogens (tertiary/aromatic N) is 3. The van der Waals surface area contributed by atoms with E-state index in [0.29, 0.717) is 11.8 Å². The van der Waals surface area contributed by atoms with E-state index in [9.17, 15) is 5.11 Å². The molecule has 6 aromatic carbocycles. The Bertz CT molecular complexity index is 2310. The summed E-state index contributed by atoms with van der Waals surface area (Å²) in [5.74, 6) is 0.950. The lowest BCUT2D eigenvalue weighted by Gasteiger charge is -2.34. The highest BCUT2D eigenvalue weighted by Crippen LogP contribution is 2.56. The van der Waals surface area contributed by atoms with E-state index < -0.39 is 0 Å². The van der Waals surface area contributed by atoms with Gasteiger partial charge >= 0.3 is 0 Å². The quantitative estimate of drug-likeness (QED) is 0.0939. The van der Waals surface area contributed by atoms with Gasteiger partial charge in [0.05, 0.1) is 6.61 Å². The van der Waals surface area contributed by atoms with E-state index in [1.165, 1.54) is 90.4 Å². The molecule has 7 aromatic rings. The van der Waals surface area contributed by atoms with Gasteiger partial charge in [-0.05, 0) is 119 Å². The number of aromatic nitrogens is 2. The van der Waals surface area contributed by atoms with Gasteiger partial charge < -0.3 is 14.4 Å². The molecule has 0 saturated heterocycles. The van der Waals surface area contributed by atoms with Crippen LogP contribution in [-0.2, 0) is 12.0 Å². The monoisotopic (exact) mass is 751 g/mol. The molecule has 1 aromatic heterocycles. The Morgan fingerprint density at radius 1 is 0.491 bits per heavy atom. The molecule has 8 rings (SSSR count). The van der Waals surface area contributed by atoms with Crippen molar-refractivity contribution in [2.45, 2.75) is 90.1 Å². The number of rotatable bonds is 17. The van der Waals surface area contributed by atoms with E-state index >= 15 is 0 Å². The van der Waals surface area contributed by atoms with Gasteiger partial charge in [-0.3, -0.25) is 0 Å². The maximum Gasteiger partial charge on any atom is 0.248 e. The predicted octanol–water partition coefficient (Wildman–Crippen LogP) is 14.2. The first-order chi connectivity index (χ1) is 28.1. The second-order valence-electron chi connectivity index (χ2n) is 15.5. The third kappa shape index (κ3) is 7.95. The van der Waals surface area contributed by atoms with Crippen LogP contribution in [0.4, 0.5) is 17.1 Å². The topological polar surface area (TPSA) is 62.4 Å². The van der Waals surface area contributed by atoms with Crippen molar-refractivity contribution >= 4 is 17.1 Å². The highest BCUT2D eigenvalue weighted by atomic mass is 16.4. The summed E-state index contributed by atoms with van der Waals surface area (Å²) in [6.45, 7) is 4.61. The molecule has 1 aliphatic rings. The standard InChI is InChI=1S/C52H53N3O2/c1-3-5-7-15-33-52(34-16-8-6-4-2)48-35-42(39-25-27-41(28-26-39)51-54-53-50(57-51)40-23-21-38(37-56)22-24-40)29-31-46(48)47-32-30-45(36-49(47)52)55(43-17-11-9-12-18-43)44-19-13-10-14-20-44/h9-14,17-32,35-36,56H,3-8,15-16,33-34,37H2,1-2H3. The molecule has 57 heavy (non-hydrogen) atoms. The normalized spacial score (nSPS) is 12.7. The van der Waals surface area contributed by atoms with Crippen molar-refractivity contribution in [2.75, 3.05) is 4.90 Å². The molecular formula is C52H53N3O2. The van der Waals surface area contributed by atoms with Crippen molar-refractivity contribution in [3.8, 4) is 45.2 Å². The minimum atomic E-state index is -0.0767. The molecule has 0 fully saturated rings. The van der Waals surface area contributed by atoms with Crippen LogP contribution < -0.4 is 4.90 Å². The van der Waals surface area contributed by atoms with Crippen LogP contribution in [0.1, 0.15) is 94.7 Å².